The van der Waals surface area contributed by atoms with Crippen molar-refractivity contribution in [3.63, 3.8) is 0 Å². The van der Waals surface area contributed by atoms with Crippen LogP contribution < -0.4 is 20.3 Å². The molecule has 0 saturated carbocycles. The van der Waals surface area contributed by atoms with Crippen LogP contribution in [0.2, 0.25) is 0 Å². The zero-order valence-corrected chi connectivity index (χ0v) is 18.2. The Balaban J connectivity index is 1.67. The number of amides is 3. The number of carbonyl (C=O) groups excluding carboxylic acids is 3. The molecule has 1 saturated heterocycles. The van der Waals surface area contributed by atoms with Gasteiger partial charge in [-0.1, -0.05) is 26.0 Å². The Hall–Kier alpha value is -3.35. The van der Waals surface area contributed by atoms with E-state index < -0.39 is 5.92 Å². The highest BCUT2D eigenvalue weighted by Gasteiger charge is 2.35. The van der Waals surface area contributed by atoms with E-state index in [1.807, 2.05) is 45.0 Å². The standard InChI is InChI=1S/C24H29N3O4/c1-4-31-19-11-9-18(10-12-19)27-15-17(13-22(27)28)23(29)26-21-8-6-5-7-20(21)24(30)25-14-16(2)3/h5-12,16-17H,4,13-15H2,1-3H3,(H,25,30)(H,26,29)/t17-/m1/s1. The molecule has 31 heavy (non-hydrogen) atoms. The van der Waals surface area contributed by atoms with Crippen molar-refractivity contribution in [1.29, 1.82) is 0 Å². The number of rotatable bonds is 8. The average molecular weight is 424 g/mol. The zero-order valence-electron chi connectivity index (χ0n) is 18.2. The van der Waals surface area contributed by atoms with Crippen LogP contribution in [0.25, 0.3) is 0 Å². The van der Waals surface area contributed by atoms with Crippen LogP contribution in [0.4, 0.5) is 11.4 Å². The third kappa shape index (κ3) is 5.63. The molecule has 0 radical (unpaired) electrons. The Kier molecular flexibility index (Phi) is 7.28. The lowest BCUT2D eigenvalue weighted by molar-refractivity contribution is -0.122. The van der Waals surface area contributed by atoms with Gasteiger partial charge in [0.05, 0.1) is 23.8 Å². The van der Waals surface area contributed by atoms with Crippen molar-refractivity contribution < 1.29 is 19.1 Å². The van der Waals surface area contributed by atoms with Crippen molar-refractivity contribution in [2.24, 2.45) is 11.8 Å². The van der Waals surface area contributed by atoms with Gasteiger partial charge < -0.3 is 20.3 Å². The Morgan fingerprint density at radius 2 is 1.84 bits per heavy atom. The van der Waals surface area contributed by atoms with Gasteiger partial charge in [0.1, 0.15) is 5.75 Å². The van der Waals surface area contributed by atoms with Gasteiger partial charge in [0, 0.05) is 25.2 Å². The number of ether oxygens (including phenoxy) is 1. The topological polar surface area (TPSA) is 87.7 Å². The molecule has 1 atom stereocenters. The molecular formula is C24H29N3O4. The van der Waals surface area contributed by atoms with E-state index in [0.717, 1.165) is 11.4 Å². The summed E-state index contributed by atoms with van der Waals surface area (Å²) >= 11 is 0. The highest BCUT2D eigenvalue weighted by atomic mass is 16.5. The Morgan fingerprint density at radius 3 is 2.52 bits per heavy atom. The molecule has 2 N–H and O–H groups in total. The van der Waals surface area contributed by atoms with E-state index in [9.17, 15) is 14.4 Å². The molecule has 2 aromatic rings. The second-order valence-electron chi connectivity index (χ2n) is 7.97. The van der Waals surface area contributed by atoms with Crippen LogP contribution in [-0.4, -0.2) is 37.4 Å². The number of nitrogens with zero attached hydrogens (tertiary/aromatic N) is 1. The van der Waals surface area contributed by atoms with E-state index in [1.54, 1.807) is 29.2 Å². The van der Waals surface area contributed by atoms with E-state index in [0.29, 0.717) is 36.9 Å². The minimum atomic E-state index is -0.495. The molecule has 0 bridgehead atoms. The zero-order chi connectivity index (χ0) is 22.4. The molecule has 164 valence electrons. The molecule has 1 fully saturated rings. The summed E-state index contributed by atoms with van der Waals surface area (Å²) in [5.74, 6) is -0.0459. The smallest absolute Gasteiger partial charge is 0.253 e. The minimum absolute atomic E-state index is 0.104. The number of hydrogen-bond donors (Lipinski definition) is 2. The van der Waals surface area contributed by atoms with Gasteiger partial charge in [0.25, 0.3) is 5.91 Å². The average Bonchev–Trinajstić information content (AvgIpc) is 3.15. The lowest BCUT2D eigenvalue weighted by Gasteiger charge is -2.18. The summed E-state index contributed by atoms with van der Waals surface area (Å²) in [6.45, 7) is 7.35. The first-order valence-electron chi connectivity index (χ1n) is 10.6. The maximum atomic E-state index is 12.9. The van der Waals surface area contributed by atoms with E-state index in [2.05, 4.69) is 10.6 Å². The third-order valence-corrected chi connectivity index (χ3v) is 5.06. The lowest BCUT2D eigenvalue weighted by atomic mass is 10.1. The van der Waals surface area contributed by atoms with E-state index in [-0.39, 0.29) is 24.1 Å². The third-order valence-electron chi connectivity index (χ3n) is 5.06. The molecule has 7 heteroatoms. The maximum Gasteiger partial charge on any atom is 0.253 e. The number of nitrogens with one attached hydrogen (secondary N) is 2. The Morgan fingerprint density at radius 1 is 1.13 bits per heavy atom. The maximum absolute atomic E-state index is 12.9. The highest BCUT2D eigenvalue weighted by Crippen LogP contribution is 2.28. The number of anilines is 2. The molecular weight excluding hydrogens is 394 g/mol. The summed E-state index contributed by atoms with van der Waals surface area (Å²) in [5.41, 5.74) is 1.59. The van der Waals surface area contributed by atoms with Gasteiger partial charge in [0.2, 0.25) is 11.8 Å². The predicted molar refractivity (Wildman–Crippen MR) is 120 cm³/mol. The monoisotopic (exact) mass is 423 g/mol. The molecule has 3 rings (SSSR count). The fraction of sp³-hybridized carbons (Fsp3) is 0.375. The predicted octanol–water partition coefficient (Wildman–Crippen LogP) is 3.46. The molecule has 0 spiro atoms. The lowest BCUT2D eigenvalue weighted by Crippen LogP contribution is -2.30. The molecule has 0 aliphatic carbocycles. The fourth-order valence-electron chi connectivity index (χ4n) is 3.44. The van der Waals surface area contributed by atoms with Gasteiger partial charge in [-0.3, -0.25) is 14.4 Å². The molecule has 1 aliphatic heterocycles. The van der Waals surface area contributed by atoms with Gasteiger partial charge in [-0.05, 0) is 49.2 Å². The van der Waals surface area contributed by atoms with Crippen molar-refractivity contribution in [2.45, 2.75) is 27.2 Å². The molecule has 2 aromatic carbocycles. The SMILES string of the molecule is CCOc1ccc(N2C[C@H](C(=O)Nc3ccccc3C(=O)NCC(C)C)CC2=O)cc1. The number of carbonyl (C=O) groups is 3. The van der Waals surface area contributed by atoms with E-state index >= 15 is 0 Å². The highest BCUT2D eigenvalue weighted by molar-refractivity contribution is 6.07. The van der Waals surface area contributed by atoms with Gasteiger partial charge in [0.15, 0.2) is 0 Å². The van der Waals surface area contributed by atoms with Crippen LogP contribution in [-0.2, 0) is 9.59 Å². The van der Waals surface area contributed by atoms with E-state index in [1.165, 1.54) is 0 Å². The Labute approximate surface area is 182 Å². The van der Waals surface area contributed by atoms with Crippen molar-refractivity contribution in [3.05, 3.63) is 54.1 Å². The van der Waals surface area contributed by atoms with Crippen LogP contribution >= 0.6 is 0 Å². The number of benzene rings is 2. The Bertz CT molecular complexity index is 940. The van der Waals surface area contributed by atoms with Crippen LogP contribution in [0.15, 0.2) is 48.5 Å². The second-order valence-corrected chi connectivity index (χ2v) is 7.97. The molecule has 0 aromatic heterocycles. The van der Waals surface area contributed by atoms with Crippen molar-refractivity contribution in [2.75, 3.05) is 29.9 Å². The molecule has 7 nitrogen and oxygen atoms in total. The number of hydrogen-bond acceptors (Lipinski definition) is 4. The summed E-state index contributed by atoms with van der Waals surface area (Å²) in [6, 6.07) is 14.2. The first-order valence-corrected chi connectivity index (χ1v) is 10.6. The largest absolute Gasteiger partial charge is 0.494 e. The van der Waals surface area contributed by atoms with Crippen LogP contribution in [0.1, 0.15) is 37.6 Å². The van der Waals surface area contributed by atoms with Crippen LogP contribution in [0.5, 0.6) is 5.75 Å². The second kappa shape index (κ2) is 10.1. The van der Waals surface area contributed by atoms with Crippen LogP contribution in [0.3, 0.4) is 0 Å². The first-order chi connectivity index (χ1) is 14.9. The summed E-state index contributed by atoms with van der Waals surface area (Å²) in [4.78, 5) is 39.5. The van der Waals surface area contributed by atoms with Crippen LogP contribution in [0, 0.1) is 11.8 Å². The van der Waals surface area contributed by atoms with Gasteiger partial charge in [-0.2, -0.15) is 0 Å². The van der Waals surface area contributed by atoms with E-state index in [4.69, 9.17) is 4.74 Å². The summed E-state index contributed by atoms with van der Waals surface area (Å²) in [5, 5.41) is 5.71. The summed E-state index contributed by atoms with van der Waals surface area (Å²) < 4.78 is 5.44. The van der Waals surface area contributed by atoms with Gasteiger partial charge in [-0.25, -0.2) is 0 Å². The van der Waals surface area contributed by atoms with Gasteiger partial charge >= 0.3 is 0 Å². The van der Waals surface area contributed by atoms with Crippen molar-refractivity contribution in [3.8, 4) is 5.75 Å². The van der Waals surface area contributed by atoms with Crippen molar-refractivity contribution in [1.82, 2.24) is 5.32 Å². The normalized spacial score (nSPS) is 15.8. The summed E-state index contributed by atoms with van der Waals surface area (Å²) in [6.07, 6.45) is 0.126. The molecule has 1 heterocycles. The minimum Gasteiger partial charge on any atom is -0.494 e. The summed E-state index contributed by atoms with van der Waals surface area (Å²) in [7, 11) is 0. The first kappa shape index (κ1) is 22.3. The molecule has 3 amide bonds. The van der Waals surface area contributed by atoms with Gasteiger partial charge in [-0.15, -0.1) is 0 Å². The quantitative estimate of drug-likeness (QED) is 0.681. The van der Waals surface area contributed by atoms with Crippen molar-refractivity contribution >= 4 is 29.1 Å². The molecule has 1 aliphatic rings. The fourth-order valence-corrected chi connectivity index (χ4v) is 3.44. The number of para-hydroxylation sites is 1. The molecule has 0 unspecified atom stereocenters.